The Morgan fingerprint density at radius 3 is 2.27 bits per heavy atom. The molecule has 2 N–H and O–H groups in total. The lowest BCUT2D eigenvalue weighted by atomic mass is 10.0. The lowest BCUT2D eigenvalue weighted by molar-refractivity contribution is -0.139. The third-order valence-electron chi connectivity index (χ3n) is 6.08. The van der Waals surface area contributed by atoms with Gasteiger partial charge in [0.1, 0.15) is 0 Å². The van der Waals surface area contributed by atoms with Crippen LogP contribution in [0.2, 0.25) is 0 Å². The second kappa shape index (κ2) is 10.9. The molecule has 1 aromatic carbocycles. The van der Waals surface area contributed by atoms with Crippen LogP contribution in [-0.2, 0) is 19.6 Å². The Balaban J connectivity index is 1.51. The first-order valence-electron chi connectivity index (χ1n) is 11.1. The highest BCUT2D eigenvalue weighted by Crippen LogP contribution is 2.26. The summed E-state index contributed by atoms with van der Waals surface area (Å²) in [5.41, 5.74) is 0. The normalized spacial score (nSPS) is 21.5. The molecule has 1 unspecified atom stereocenters. The maximum atomic E-state index is 13.0. The second-order valence-electron chi connectivity index (χ2n) is 8.28. The van der Waals surface area contributed by atoms with Gasteiger partial charge in [-0.1, -0.05) is 50.3 Å². The molecular weight excluding hydrogens is 402 g/mol. The van der Waals surface area contributed by atoms with Gasteiger partial charge in [-0.25, -0.2) is 8.42 Å². The van der Waals surface area contributed by atoms with Gasteiger partial charge < -0.3 is 10.6 Å². The number of piperidine rings is 1. The summed E-state index contributed by atoms with van der Waals surface area (Å²) in [6.07, 6.45) is 9.43. The Morgan fingerprint density at radius 2 is 1.57 bits per heavy atom. The first-order valence-corrected chi connectivity index (χ1v) is 12.6. The molecule has 2 aliphatic rings. The Labute approximate surface area is 179 Å². The molecule has 1 aliphatic carbocycles. The minimum absolute atomic E-state index is 0.0793. The molecule has 0 radical (unpaired) electrons. The van der Waals surface area contributed by atoms with Crippen LogP contribution in [0.15, 0.2) is 35.2 Å². The van der Waals surface area contributed by atoms with E-state index in [2.05, 4.69) is 10.6 Å². The predicted molar refractivity (Wildman–Crippen MR) is 115 cm³/mol. The van der Waals surface area contributed by atoms with Crippen molar-refractivity contribution in [2.75, 3.05) is 13.1 Å². The minimum atomic E-state index is -3.56. The summed E-state index contributed by atoms with van der Waals surface area (Å²) in [7, 11) is -3.56. The van der Waals surface area contributed by atoms with Gasteiger partial charge in [0.2, 0.25) is 10.0 Å². The van der Waals surface area contributed by atoms with Crippen molar-refractivity contribution in [3.63, 3.8) is 0 Å². The maximum absolute atomic E-state index is 13.0. The molecule has 0 spiro atoms. The zero-order valence-electron chi connectivity index (χ0n) is 17.5. The number of benzene rings is 1. The SMILES string of the molecule is O=C(NCCC1CCCCN1S(=O)(=O)c1ccccc1)C(=O)NC1CCCCCC1. The second-order valence-corrected chi connectivity index (χ2v) is 10.2. The van der Waals surface area contributed by atoms with Gasteiger partial charge in [-0.2, -0.15) is 4.31 Å². The number of hydrogen-bond donors (Lipinski definition) is 2. The largest absolute Gasteiger partial charge is 0.348 e. The standard InChI is InChI=1S/C22H33N3O4S/c26-21(22(27)24-18-10-4-1-2-5-11-18)23-16-15-19-12-8-9-17-25(19)30(28,29)20-13-6-3-7-14-20/h3,6-7,13-14,18-19H,1-2,4-5,8-12,15-17H2,(H,23,26)(H,24,27). The molecule has 1 heterocycles. The summed E-state index contributed by atoms with van der Waals surface area (Å²) in [6, 6.07) is 8.37. The van der Waals surface area contributed by atoms with E-state index in [4.69, 9.17) is 0 Å². The number of sulfonamides is 1. The van der Waals surface area contributed by atoms with Gasteiger partial charge in [-0.15, -0.1) is 0 Å². The number of nitrogens with one attached hydrogen (secondary N) is 2. The van der Waals surface area contributed by atoms with Crippen molar-refractivity contribution in [3.05, 3.63) is 30.3 Å². The summed E-state index contributed by atoms with van der Waals surface area (Å²) in [5.74, 6) is -1.22. The van der Waals surface area contributed by atoms with Crippen LogP contribution in [0.3, 0.4) is 0 Å². The van der Waals surface area contributed by atoms with Crippen LogP contribution in [0, 0.1) is 0 Å². The third kappa shape index (κ3) is 6.04. The highest BCUT2D eigenvalue weighted by atomic mass is 32.2. The highest BCUT2D eigenvalue weighted by Gasteiger charge is 2.33. The van der Waals surface area contributed by atoms with Crippen molar-refractivity contribution >= 4 is 21.8 Å². The van der Waals surface area contributed by atoms with E-state index in [-0.39, 0.29) is 18.6 Å². The highest BCUT2D eigenvalue weighted by molar-refractivity contribution is 7.89. The molecule has 7 nitrogen and oxygen atoms in total. The number of rotatable bonds is 6. The molecule has 2 fully saturated rings. The fourth-order valence-electron chi connectivity index (χ4n) is 4.41. The molecule has 1 aromatic rings. The van der Waals surface area contributed by atoms with Crippen LogP contribution in [0.1, 0.15) is 64.2 Å². The number of nitrogens with zero attached hydrogens (tertiary/aromatic N) is 1. The van der Waals surface area contributed by atoms with Gasteiger partial charge in [-0.05, 0) is 44.2 Å². The van der Waals surface area contributed by atoms with Gasteiger partial charge in [-0.3, -0.25) is 9.59 Å². The molecule has 0 bridgehead atoms. The molecule has 0 aromatic heterocycles. The lowest BCUT2D eigenvalue weighted by Crippen LogP contribution is -2.47. The van der Waals surface area contributed by atoms with Gasteiger partial charge in [0, 0.05) is 25.2 Å². The number of carbonyl (C=O) groups is 2. The van der Waals surface area contributed by atoms with Crippen LogP contribution < -0.4 is 10.6 Å². The van der Waals surface area contributed by atoms with E-state index in [9.17, 15) is 18.0 Å². The molecular formula is C22H33N3O4S. The number of amides is 2. The van der Waals surface area contributed by atoms with Crippen LogP contribution in [-0.4, -0.2) is 49.7 Å². The van der Waals surface area contributed by atoms with E-state index in [1.807, 2.05) is 0 Å². The van der Waals surface area contributed by atoms with Crippen molar-refractivity contribution in [3.8, 4) is 0 Å². The van der Waals surface area contributed by atoms with Crippen LogP contribution in [0.5, 0.6) is 0 Å². The fourth-order valence-corrected chi connectivity index (χ4v) is 6.16. The molecule has 3 rings (SSSR count). The molecule has 1 atom stereocenters. The van der Waals surface area contributed by atoms with Gasteiger partial charge in [0.05, 0.1) is 4.90 Å². The first-order chi connectivity index (χ1) is 14.5. The van der Waals surface area contributed by atoms with Crippen molar-refractivity contribution in [1.29, 1.82) is 0 Å². The average molecular weight is 436 g/mol. The van der Waals surface area contributed by atoms with E-state index < -0.39 is 21.8 Å². The quantitative estimate of drug-likeness (QED) is 0.530. The van der Waals surface area contributed by atoms with Crippen molar-refractivity contribution in [2.45, 2.75) is 81.2 Å². The van der Waals surface area contributed by atoms with Crippen molar-refractivity contribution in [2.24, 2.45) is 0 Å². The van der Waals surface area contributed by atoms with Gasteiger partial charge in [0.15, 0.2) is 0 Å². The van der Waals surface area contributed by atoms with Crippen LogP contribution in [0.25, 0.3) is 0 Å². The van der Waals surface area contributed by atoms with E-state index >= 15 is 0 Å². The summed E-state index contributed by atoms with van der Waals surface area (Å²) >= 11 is 0. The van der Waals surface area contributed by atoms with Crippen LogP contribution in [0.4, 0.5) is 0 Å². The summed E-state index contributed by atoms with van der Waals surface area (Å²) in [5, 5.41) is 5.52. The van der Waals surface area contributed by atoms with Crippen LogP contribution >= 0.6 is 0 Å². The molecule has 30 heavy (non-hydrogen) atoms. The average Bonchev–Trinajstić information content (AvgIpc) is 3.03. The van der Waals surface area contributed by atoms with E-state index in [0.717, 1.165) is 44.9 Å². The zero-order chi connectivity index (χ0) is 21.4. The topological polar surface area (TPSA) is 95.6 Å². The maximum Gasteiger partial charge on any atom is 0.309 e. The Bertz CT molecular complexity index is 805. The van der Waals surface area contributed by atoms with E-state index in [1.165, 1.54) is 12.8 Å². The minimum Gasteiger partial charge on any atom is -0.348 e. The fraction of sp³-hybridized carbons (Fsp3) is 0.636. The molecule has 1 saturated heterocycles. The first kappa shape index (κ1) is 22.7. The Kier molecular flexibility index (Phi) is 8.27. The lowest BCUT2D eigenvalue weighted by Gasteiger charge is -2.34. The third-order valence-corrected chi connectivity index (χ3v) is 8.05. The molecule has 1 saturated carbocycles. The smallest absolute Gasteiger partial charge is 0.309 e. The molecule has 2 amide bonds. The number of hydrogen-bond acceptors (Lipinski definition) is 4. The zero-order valence-corrected chi connectivity index (χ0v) is 18.3. The van der Waals surface area contributed by atoms with Gasteiger partial charge in [0.25, 0.3) is 0 Å². The summed E-state index contributed by atoms with van der Waals surface area (Å²) in [4.78, 5) is 24.7. The summed E-state index contributed by atoms with van der Waals surface area (Å²) < 4.78 is 27.6. The molecule has 1 aliphatic heterocycles. The van der Waals surface area contributed by atoms with Crippen molar-refractivity contribution in [1.82, 2.24) is 14.9 Å². The predicted octanol–water partition coefficient (Wildman–Crippen LogP) is 2.58. The summed E-state index contributed by atoms with van der Waals surface area (Å²) in [6.45, 7) is 0.764. The molecule has 166 valence electrons. The van der Waals surface area contributed by atoms with E-state index in [1.54, 1.807) is 34.6 Å². The molecule has 8 heteroatoms. The van der Waals surface area contributed by atoms with Gasteiger partial charge >= 0.3 is 11.8 Å². The number of carbonyl (C=O) groups excluding carboxylic acids is 2. The monoisotopic (exact) mass is 435 g/mol. The Hall–Kier alpha value is -1.93. The van der Waals surface area contributed by atoms with Crippen molar-refractivity contribution < 1.29 is 18.0 Å². The Morgan fingerprint density at radius 1 is 0.900 bits per heavy atom. The van der Waals surface area contributed by atoms with E-state index in [0.29, 0.717) is 17.9 Å².